The SMILES string of the molecule is COc1ccnc(C(=O)N[C@H]2CCC[C@H](CCC(C)C)[C@@H](OCCCC(F)(F)F)[C@H](C)OC2=O)c1OC(C)=O. The largest absolute Gasteiger partial charge is 0.493 e. The molecular weight excluding hydrogens is 521 g/mol. The number of carbonyl (C=O) groups is 3. The van der Waals surface area contributed by atoms with Gasteiger partial charge in [-0.1, -0.05) is 26.7 Å². The van der Waals surface area contributed by atoms with E-state index in [0.29, 0.717) is 18.8 Å². The summed E-state index contributed by atoms with van der Waals surface area (Å²) in [5.41, 5.74) is -0.231. The van der Waals surface area contributed by atoms with Gasteiger partial charge in [-0.25, -0.2) is 9.78 Å². The van der Waals surface area contributed by atoms with Crippen LogP contribution in [0.25, 0.3) is 0 Å². The summed E-state index contributed by atoms with van der Waals surface area (Å²) in [6.07, 6.45) is -2.33. The highest BCUT2D eigenvalue weighted by Crippen LogP contribution is 2.32. The Morgan fingerprint density at radius 2 is 1.97 bits per heavy atom. The second-order valence-electron chi connectivity index (χ2n) is 10.2. The number of halogens is 3. The zero-order valence-electron chi connectivity index (χ0n) is 23.1. The van der Waals surface area contributed by atoms with Crippen LogP contribution < -0.4 is 14.8 Å². The van der Waals surface area contributed by atoms with E-state index in [1.165, 1.54) is 26.3 Å². The molecule has 2 heterocycles. The highest BCUT2D eigenvalue weighted by atomic mass is 19.4. The normalized spacial score (nSPS) is 22.3. The molecule has 1 aliphatic heterocycles. The molecule has 1 fully saturated rings. The van der Waals surface area contributed by atoms with Crippen molar-refractivity contribution in [1.82, 2.24) is 10.3 Å². The number of esters is 2. The molecule has 1 aromatic heterocycles. The van der Waals surface area contributed by atoms with E-state index in [1.54, 1.807) is 6.92 Å². The van der Waals surface area contributed by atoms with Crippen LogP contribution in [0.2, 0.25) is 0 Å². The number of nitrogens with one attached hydrogen (secondary N) is 1. The van der Waals surface area contributed by atoms with Crippen LogP contribution in [-0.4, -0.2) is 61.0 Å². The van der Waals surface area contributed by atoms with Crippen molar-refractivity contribution in [3.8, 4) is 11.5 Å². The molecule has 1 amide bonds. The van der Waals surface area contributed by atoms with Crippen molar-refractivity contribution in [2.75, 3.05) is 13.7 Å². The number of rotatable bonds is 11. The van der Waals surface area contributed by atoms with Crippen LogP contribution in [0.4, 0.5) is 13.2 Å². The number of cyclic esters (lactones) is 1. The number of methoxy groups -OCH3 is 1. The standard InChI is InChI=1S/C27H39F3N2O7/c1-16(2)10-11-19-8-6-9-20(26(35)38-17(3)23(19)37-15-7-13-27(28,29)30)32-25(34)22-24(39-18(4)33)21(36-5)12-14-31-22/h12,14,16-17,19-20,23H,6-11,13,15H2,1-5H3,(H,32,34)/t17-,19+,20-,23-/m0/s1. The summed E-state index contributed by atoms with van der Waals surface area (Å²) in [5.74, 6) is -1.80. The molecule has 9 nitrogen and oxygen atoms in total. The molecule has 0 bridgehead atoms. The van der Waals surface area contributed by atoms with Crippen molar-refractivity contribution in [2.45, 2.75) is 97.1 Å². The molecular formula is C27H39F3N2O7. The maximum atomic E-state index is 13.1. The Morgan fingerprint density at radius 1 is 1.26 bits per heavy atom. The number of nitrogens with zero attached hydrogens (tertiary/aromatic N) is 1. The zero-order valence-corrected chi connectivity index (χ0v) is 23.1. The van der Waals surface area contributed by atoms with Crippen LogP contribution in [0.3, 0.4) is 0 Å². The second kappa shape index (κ2) is 15.0. The Kier molecular flexibility index (Phi) is 12.5. The smallest absolute Gasteiger partial charge is 0.389 e. The average Bonchev–Trinajstić information content (AvgIpc) is 2.88. The van der Waals surface area contributed by atoms with Gasteiger partial charge in [-0.2, -0.15) is 13.2 Å². The summed E-state index contributed by atoms with van der Waals surface area (Å²) in [6, 6.07) is 0.407. The first-order chi connectivity index (χ1) is 18.3. The second-order valence-corrected chi connectivity index (χ2v) is 10.2. The number of amides is 1. The lowest BCUT2D eigenvalue weighted by Gasteiger charge is -2.31. The van der Waals surface area contributed by atoms with Gasteiger partial charge < -0.3 is 24.3 Å². The fourth-order valence-corrected chi connectivity index (χ4v) is 4.55. The summed E-state index contributed by atoms with van der Waals surface area (Å²) >= 11 is 0. The molecule has 0 aromatic carbocycles. The molecule has 0 spiro atoms. The first-order valence-corrected chi connectivity index (χ1v) is 13.2. The fourth-order valence-electron chi connectivity index (χ4n) is 4.55. The van der Waals surface area contributed by atoms with Crippen molar-refractivity contribution >= 4 is 17.8 Å². The Balaban J connectivity index is 2.20. The van der Waals surface area contributed by atoms with Gasteiger partial charge in [0, 0.05) is 32.2 Å². The fraction of sp³-hybridized carbons (Fsp3) is 0.704. The van der Waals surface area contributed by atoms with Crippen LogP contribution in [-0.2, 0) is 19.1 Å². The van der Waals surface area contributed by atoms with Crippen LogP contribution in [0.1, 0.15) is 83.1 Å². The molecule has 1 aromatic rings. The number of alkyl halides is 3. The van der Waals surface area contributed by atoms with E-state index in [9.17, 15) is 27.6 Å². The predicted molar refractivity (Wildman–Crippen MR) is 135 cm³/mol. The van der Waals surface area contributed by atoms with E-state index in [2.05, 4.69) is 24.1 Å². The minimum atomic E-state index is -4.27. The molecule has 39 heavy (non-hydrogen) atoms. The Hall–Kier alpha value is -2.89. The van der Waals surface area contributed by atoms with E-state index in [0.717, 1.165) is 12.8 Å². The lowest BCUT2D eigenvalue weighted by Crippen LogP contribution is -2.44. The summed E-state index contributed by atoms with van der Waals surface area (Å²) < 4.78 is 59.7. The van der Waals surface area contributed by atoms with Gasteiger partial charge in [-0.3, -0.25) is 9.59 Å². The molecule has 0 unspecified atom stereocenters. The van der Waals surface area contributed by atoms with Crippen molar-refractivity contribution < 1.29 is 46.5 Å². The van der Waals surface area contributed by atoms with E-state index in [-0.39, 0.29) is 42.6 Å². The number of ether oxygens (including phenoxy) is 4. The topological polar surface area (TPSA) is 113 Å². The number of pyridine rings is 1. The first-order valence-electron chi connectivity index (χ1n) is 13.2. The van der Waals surface area contributed by atoms with Crippen molar-refractivity contribution in [1.29, 1.82) is 0 Å². The number of carbonyl (C=O) groups excluding carboxylic acids is 3. The van der Waals surface area contributed by atoms with Crippen LogP contribution in [0, 0.1) is 11.8 Å². The summed E-state index contributed by atoms with van der Waals surface area (Å²) in [6.45, 7) is 6.88. The van der Waals surface area contributed by atoms with Gasteiger partial charge in [0.2, 0.25) is 5.75 Å². The highest BCUT2D eigenvalue weighted by Gasteiger charge is 2.36. The van der Waals surface area contributed by atoms with Gasteiger partial charge in [0.1, 0.15) is 12.1 Å². The molecule has 220 valence electrons. The summed E-state index contributed by atoms with van der Waals surface area (Å²) in [5, 5.41) is 2.63. The quantitative estimate of drug-likeness (QED) is 0.297. The molecule has 4 atom stereocenters. The van der Waals surface area contributed by atoms with Crippen molar-refractivity contribution in [3.63, 3.8) is 0 Å². The number of hydrogen-bond acceptors (Lipinski definition) is 8. The monoisotopic (exact) mass is 560 g/mol. The van der Waals surface area contributed by atoms with E-state index in [4.69, 9.17) is 18.9 Å². The minimum Gasteiger partial charge on any atom is -0.493 e. The maximum Gasteiger partial charge on any atom is 0.389 e. The average molecular weight is 561 g/mol. The molecule has 0 radical (unpaired) electrons. The van der Waals surface area contributed by atoms with Gasteiger partial charge in [0.05, 0.1) is 13.2 Å². The van der Waals surface area contributed by atoms with Gasteiger partial charge in [-0.15, -0.1) is 0 Å². The Labute approximate surface area is 227 Å². The lowest BCUT2D eigenvalue weighted by molar-refractivity contribution is -0.162. The lowest BCUT2D eigenvalue weighted by atomic mass is 9.86. The summed E-state index contributed by atoms with van der Waals surface area (Å²) in [7, 11) is 1.35. The van der Waals surface area contributed by atoms with Gasteiger partial charge >= 0.3 is 18.1 Å². The van der Waals surface area contributed by atoms with Crippen LogP contribution in [0.5, 0.6) is 11.5 Å². The van der Waals surface area contributed by atoms with E-state index < -0.39 is 48.7 Å². The Bertz CT molecular complexity index is 971. The first kappa shape index (κ1) is 32.3. The molecule has 1 aliphatic rings. The molecule has 1 N–H and O–H groups in total. The molecule has 0 saturated carbocycles. The maximum absolute atomic E-state index is 13.1. The van der Waals surface area contributed by atoms with Crippen LogP contribution in [0.15, 0.2) is 12.3 Å². The molecule has 2 rings (SSSR count). The van der Waals surface area contributed by atoms with Gasteiger partial charge in [0.25, 0.3) is 5.91 Å². The molecule has 1 saturated heterocycles. The van der Waals surface area contributed by atoms with E-state index >= 15 is 0 Å². The molecule has 12 heteroatoms. The van der Waals surface area contributed by atoms with Gasteiger partial charge in [0.15, 0.2) is 11.4 Å². The van der Waals surface area contributed by atoms with Crippen molar-refractivity contribution in [2.24, 2.45) is 11.8 Å². The minimum absolute atomic E-state index is 0.0360. The zero-order chi connectivity index (χ0) is 29.2. The summed E-state index contributed by atoms with van der Waals surface area (Å²) in [4.78, 5) is 41.8. The number of hydrogen-bond donors (Lipinski definition) is 1. The number of aromatic nitrogens is 1. The highest BCUT2D eigenvalue weighted by molar-refractivity contribution is 5.98. The third-order valence-electron chi connectivity index (χ3n) is 6.47. The van der Waals surface area contributed by atoms with Gasteiger partial charge in [-0.05, 0) is 44.4 Å². The van der Waals surface area contributed by atoms with Crippen LogP contribution >= 0.6 is 0 Å². The van der Waals surface area contributed by atoms with E-state index in [1.807, 2.05) is 0 Å². The third-order valence-corrected chi connectivity index (χ3v) is 6.47. The molecule has 0 aliphatic carbocycles. The predicted octanol–water partition coefficient (Wildman–Crippen LogP) is 5.01. The van der Waals surface area contributed by atoms with Crippen molar-refractivity contribution in [3.05, 3.63) is 18.0 Å². The Morgan fingerprint density at radius 3 is 2.59 bits per heavy atom. The third kappa shape index (κ3) is 10.7.